The van der Waals surface area contributed by atoms with Gasteiger partial charge in [0.25, 0.3) is 5.91 Å². The van der Waals surface area contributed by atoms with Crippen LogP contribution in [0.25, 0.3) is 0 Å². The lowest BCUT2D eigenvalue weighted by atomic mass is 10.1. The third-order valence-electron chi connectivity index (χ3n) is 3.29. The van der Waals surface area contributed by atoms with E-state index >= 15 is 0 Å². The number of carbonyl (C=O) groups is 1. The van der Waals surface area contributed by atoms with Crippen LogP contribution in [-0.4, -0.2) is 55.9 Å². The van der Waals surface area contributed by atoms with Crippen molar-refractivity contribution in [2.75, 3.05) is 33.4 Å². The standard InChI is InChI=1S/C16H23NO4/c1-16(2)12-17(9-14(21-16)10-19-3)15(18)11-20-13-7-5-4-6-8-13/h4-8,14H,9-12H2,1-3H3. The number of morpholine rings is 1. The second-order valence-corrected chi connectivity index (χ2v) is 5.83. The summed E-state index contributed by atoms with van der Waals surface area (Å²) in [6.45, 7) is 5.57. The van der Waals surface area contributed by atoms with E-state index in [1.54, 1.807) is 12.0 Å². The van der Waals surface area contributed by atoms with Gasteiger partial charge < -0.3 is 19.1 Å². The van der Waals surface area contributed by atoms with Gasteiger partial charge in [-0.3, -0.25) is 4.79 Å². The number of hydrogen-bond acceptors (Lipinski definition) is 4. The summed E-state index contributed by atoms with van der Waals surface area (Å²) in [5.41, 5.74) is -0.371. The zero-order valence-electron chi connectivity index (χ0n) is 12.9. The fourth-order valence-corrected chi connectivity index (χ4v) is 2.51. The fourth-order valence-electron chi connectivity index (χ4n) is 2.51. The topological polar surface area (TPSA) is 48.0 Å². The summed E-state index contributed by atoms with van der Waals surface area (Å²) in [6.07, 6.45) is -0.0978. The van der Waals surface area contributed by atoms with Gasteiger partial charge >= 0.3 is 0 Å². The van der Waals surface area contributed by atoms with Gasteiger partial charge in [0.05, 0.1) is 18.3 Å². The largest absolute Gasteiger partial charge is 0.484 e. The van der Waals surface area contributed by atoms with Gasteiger partial charge in [0.2, 0.25) is 0 Å². The molecule has 5 heteroatoms. The zero-order valence-corrected chi connectivity index (χ0v) is 12.9. The van der Waals surface area contributed by atoms with Crippen LogP contribution in [0.2, 0.25) is 0 Å². The number of rotatable bonds is 5. The monoisotopic (exact) mass is 293 g/mol. The van der Waals surface area contributed by atoms with Gasteiger partial charge in [-0.15, -0.1) is 0 Å². The first-order valence-corrected chi connectivity index (χ1v) is 7.12. The quantitative estimate of drug-likeness (QED) is 0.829. The molecule has 1 atom stereocenters. The van der Waals surface area contributed by atoms with Gasteiger partial charge in [0.15, 0.2) is 6.61 Å². The van der Waals surface area contributed by atoms with E-state index in [9.17, 15) is 4.79 Å². The minimum absolute atomic E-state index is 0.0312. The third kappa shape index (κ3) is 4.72. The molecule has 1 aromatic carbocycles. The lowest BCUT2D eigenvalue weighted by Crippen LogP contribution is -2.56. The summed E-state index contributed by atoms with van der Waals surface area (Å²) in [6, 6.07) is 9.35. The van der Waals surface area contributed by atoms with Crippen molar-refractivity contribution in [2.24, 2.45) is 0 Å². The second kappa shape index (κ2) is 6.91. The van der Waals surface area contributed by atoms with E-state index < -0.39 is 0 Å². The summed E-state index contributed by atoms with van der Waals surface area (Å²) in [7, 11) is 1.63. The molecular weight excluding hydrogens is 270 g/mol. The lowest BCUT2D eigenvalue weighted by molar-refractivity contribution is -0.170. The summed E-state index contributed by atoms with van der Waals surface area (Å²) < 4.78 is 16.6. The van der Waals surface area contributed by atoms with E-state index in [1.807, 2.05) is 44.2 Å². The molecule has 2 rings (SSSR count). The Hall–Kier alpha value is -1.59. The second-order valence-electron chi connectivity index (χ2n) is 5.83. The molecular formula is C16H23NO4. The van der Waals surface area contributed by atoms with E-state index in [2.05, 4.69) is 0 Å². The highest BCUT2D eigenvalue weighted by molar-refractivity contribution is 5.78. The summed E-state index contributed by atoms with van der Waals surface area (Å²) in [5, 5.41) is 0. The first-order chi connectivity index (χ1) is 10.00. The fraction of sp³-hybridized carbons (Fsp3) is 0.562. The predicted molar refractivity (Wildman–Crippen MR) is 79.3 cm³/mol. The van der Waals surface area contributed by atoms with E-state index in [0.29, 0.717) is 25.4 Å². The highest BCUT2D eigenvalue weighted by Gasteiger charge is 2.35. The molecule has 1 fully saturated rings. The van der Waals surface area contributed by atoms with Crippen molar-refractivity contribution in [3.63, 3.8) is 0 Å². The number of methoxy groups -OCH3 is 1. The van der Waals surface area contributed by atoms with Crippen LogP contribution in [0.4, 0.5) is 0 Å². The maximum Gasteiger partial charge on any atom is 0.260 e. The molecule has 0 spiro atoms. The van der Waals surface area contributed by atoms with Crippen LogP contribution in [0.5, 0.6) is 5.75 Å². The van der Waals surface area contributed by atoms with Crippen molar-refractivity contribution in [3.8, 4) is 5.75 Å². The minimum Gasteiger partial charge on any atom is -0.484 e. The van der Waals surface area contributed by atoms with Crippen LogP contribution in [0.3, 0.4) is 0 Å². The van der Waals surface area contributed by atoms with Gasteiger partial charge in [-0.1, -0.05) is 18.2 Å². The molecule has 0 aliphatic carbocycles. The maximum atomic E-state index is 12.3. The molecule has 1 aromatic rings. The number of para-hydroxylation sites is 1. The van der Waals surface area contributed by atoms with Crippen LogP contribution in [0, 0.1) is 0 Å². The van der Waals surface area contributed by atoms with E-state index in [4.69, 9.17) is 14.2 Å². The molecule has 0 bridgehead atoms. The number of nitrogens with zero attached hydrogens (tertiary/aromatic N) is 1. The number of carbonyl (C=O) groups excluding carboxylic acids is 1. The molecule has 1 amide bonds. The highest BCUT2D eigenvalue weighted by atomic mass is 16.5. The summed E-state index contributed by atoms with van der Waals surface area (Å²) in [5.74, 6) is 0.670. The maximum absolute atomic E-state index is 12.3. The van der Waals surface area contributed by atoms with E-state index in [0.717, 1.165) is 0 Å². The Labute approximate surface area is 125 Å². The summed E-state index contributed by atoms with van der Waals surface area (Å²) in [4.78, 5) is 14.1. The first kappa shape index (κ1) is 15.8. The van der Waals surface area contributed by atoms with Crippen molar-refractivity contribution < 1.29 is 19.0 Å². The predicted octanol–water partition coefficient (Wildman–Crippen LogP) is 1.72. The van der Waals surface area contributed by atoms with Crippen LogP contribution in [0.15, 0.2) is 30.3 Å². The number of hydrogen-bond donors (Lipinski definition) is 0. The number of ether oxygens (including phenoxy) is 3. The molecule has 1 heterocycles. The molecule has 1 saturated heterocycles. The molecule has 21 heavy (non-hydrogen) atoms. The lowest BCUT2D eigenvalue weighted by Gasteiger charge is -2.42. The Balaban J connectivity index is 1.91. The van der Waals surface area contributed by atoms with E-state index in [-0.39, 0.29) is 24.2 Å². The van der Waals surface area contributed by atoms with Gasteiger partial charge in [0.1, 0.15) is 5.75 Å². The Kier molecular flexibility index (Phi) is 5.20. The van der Waals surface area contributed by atoms with Crippen molar-refractivity contribution in [2.45, 2.75) is 25.6 Å². The molecule has 1 aliphatic heterocycles. The van der Waals surface area contributed by atoms with Crippen LogP contribution in [0.1, 0.15) is 13.8 Å². The zero-order chi connectivity index (χ0) is 15.3. The highest BCUT2D eigenvalue weighted by Crippen LogP contribution is 2.21. The van der Waals surface area contributed by atoms with Gasteiger partial charge in [0, 0.05) is 20.2 Å². The Bertz CT molecular complexity index is 461. The third-order valence-corrected chi connectivity index (χ3v) is 3.29. The molecule has 5 nitrogen and oxygen atoms in total. The SMILES string of the molecule is COCC1CN(C(=O)COc2ccccc2)CC(C)(C)O1. The minimum atomic E-state index is -0.371. The Morgan fingerprint density at radius 3 is 2.76 bits per heavy atom. The Morgan fingerprint density at radius 1 is 1.38 bits per heavy atom. The molecule has 0 saturated carbocycles. The van der Waals surface area contributed by atoms with Crippen molar-refractivity contribution >= 4 is 5.91 Å². The van der Waals surface area contributed by atoms with Crippen LogP contribution < -0.4 is 4.74 Å². The van der Waals surface area contributed by atoms with Crippen molar-refractivity contribution in [3.05, 3.63) is 30.3 Å². The smallest absolute Gasteiger partial charge is 0.260 e. The van der Waals surface area contributed by atoms with Gasteiger partial charge in [-0.25, -0.2) is 0 Å². The van der Waals surface area contributed by atoms with E-state index in [1.165, 1.54) is 0 Å². The molecule has 0 radical (unpaired) electrons. The average molecular weight is 293 g/mol. The molecule has 1 aliphatic rings. The molecule has 0 N–H and O–H groups in total. The Morgan fingerprint density at radius 2 is 2.10 bits per heavy atom. The normalized spacial score (nSPS) is 21.1. The molecule has 116 valence electrons. The van der Waals surface area contributed by atoms with Gasteiger partial charge in [-0.05, 0) is 26.0 Å². The summed E-state index contributed by atoms with van der Waals surface area (Å²) >= 11 is 0. The molecule has 1 unspecified atom stereocenters. The molecule has 0 aromatic heterocycles. The number of benzene rings is 1. The average Bonchev–Trinajstić information content (AvgIpc) is 2.44. The van der Waals surface area contributed by atoms with Gasteiger partial charge in [-0.2, -0.15) is 0 Å². The number of amides is 1. The van der Waals surface area contributed by atoms with Crippen LogP contribution in [-0.2, 0) is 14.3 Å². The first-order valence-electron chi connectivity index (χ1n) is 7.12. The van der Waals surface area contributed by atoms with Crippen LogP contribution >= 0.6 is 0 Å². The van der Waals surface area contributed by atoms with Crippen molar-refractivity contribution in [1.29, 1.82) is 0 Å². The van der Waals surface area contributed by atoms with Crippen molar-refractivity contribution in [1.82, 2.24) is 4.90 Å².